The van der Waals surface area contributed by atoms with Crippen LogP contribution in [0, 0.1) is 0 Å². The summed E-state index contributed by atoms with van der Waals surface area (Å²) in [6.07, 6.45) is 7.77. The van der Waals surface area contributed by atoms with E-state index in [9.17, 15) is 14.4 Å². The minimum Gasteiger partial charge on any atom is -0.452 e. The van der Waals surface area contributed by atoms with Crippen molar-refractivity contribution in [2.24, 2.45) is 0 Å². The molecule has 0 atom stereocenters. The molecule has 1 aliphatic carbocycles. The molecule has 0 saturated heterocycles. The van der Waals surface area contributed by atoms with Crippen molar-refractivity contribution in [1.29, 1.82) is 0 Å². The average Bonchev–Trinajstić information content (AvgIpc) is 3.31. The van der Waals surface area contributed by atoms with Crippen LogP contribution in [-0.2, 0) is 27.2 Å². The van der Waals surface area contributed by atoms with Crippen LogP contribution in [0.2, 0.25) is 0 Å². The first kappa shape index (κ1) is 19.2. The molecular formula is C19H23N3O4S. The van der Waals surface area contributed by atoms with Gasteiger partial charge < -0.3 is 19.9 Å². The van der Waals surface area contributed by atoms with Crippen LogP contribution in [-0.4, -0.2) is 42.0 Å². The number of nitrogens with one attached hydrogen (secondary N) is 2. The van der Waals surface area contributed by atoms with Gasteiger partial charge >= 0.3 is 5.97 Å². The molecule has 8 heteroatoms. The average molecular weight is 389 g/mol. The first-order chi connectivity index (χ1) is 13.1. The quantitative estimate of drug-likeness (QED) is 0.707. The molecule has 27 heavy (non-hydrogen) atoms. The van der Waals surface area contributed by atoms with Crippen molar-refractivity contribution in [3.63, 3.8) is 0 Å². The first-order valence-electron chi connectivity index (χ1n) is 9.08. The lowest BCUT2D eigenvalue weighted by atomic mass is 9.95. The summed E-state index contributed by atoms with van der Waals surface area (Å²) in [5.74, 6) is -1.27. The molecule has 144 valence electrons. The van der Waals surface area contributed by atoms with E-state index >= 15 is 0 Å². The molecule has 2 aromatic rings. The van der Waals surface area contributed by atoms with E-state index in [0.29, 0.717) is 12.1 Å². The number of aryl methyl sites for hydroxylation is 1. The summed E-state index contributed by atoms with van der Waals surface area (Å²) < 4.78 is 7.17. The number of aromatic nitrogens is 1. The zero-order valence-corrected chi connectivity index (χ0v) is 16.1. The number of esters is 1. The third kappa shape index (κ3) is 4.57. The highest BCUT2D eigenvalue weighted by Gasteiger charge is 2.27. The largest absolute Gasteiger partial charge is 0.452 e. The van der Waals surface area contributed by atoms with Gasteiger partial charge in [-0.25, -0.2) is 4.79 Å². The Kier molecular flexibility index (Phi) is 6.28. The normalized spacial score (nSPS) is 12.9. The van der Waals surface area contributed by atoms with Crippen LogP contribution in [0.4, 0.5) is 0 Å². The Bertz CT molecular complexity index is 826. The Morgan fingerprint density at radius 1 is 1.11 bits per heavy atom. The SMILES string of the molecule is CCNC(=O)CNC(=O)COC(=O)c1c(-n2cccc2)sc2c1CCCC2. The van der Waals surface area contributed by atoms with Crippen molar-refractivity contribution in [2.75, 3.05) is 19.7 Å². The van der Waals surface area contributed by atoms with E-state index < -0.39 is 18.5 Å². The van der Waals surface area contributed by atoms with E-state index in [2.05, 4.69) is 10.6 Å². The number of hydrogen-bond donors (Lipinski definition) is 2. The second-order valence-electron chi connectivity index (χ2n) is 6.29. The van der Waals surface area contributed by atoms with Crippen LogP contribution >= 0.6 is 11.3 Å². The summed E-state index contributed by atoms with van der Waals surface area (Å²) in [4.78, 5) is 37.2. The van der Waals surface area contributed by atoms with Gasteiger partial charge in [0.2, 0.25) is 5.91 Å². The number of carbonyl (C=O) groups is 3. The molecule has 0 radical (unpaired) electrons. The minimum atomic E-state index is -0.499. The van der Waals surface area contributed by atoms with Crippen molar-refractivity contribution >= 4 is 29.1 Å². The molecule has 0 saturated carbocycles. The zero-order valence-electron chi connectivity index (χ0n) is 15.2. The van der Waals surface area contributed by atoms with Gasteiger partial charge in [-0.15, -0.1) is 11.3 Å². The van der Waals surface area contributed by atoms with Gasteiger partial charge in [-0.05, 0) is 50.3 Å². The van der Waals surface area contributed by atoms with Crippen LogP contribution < -0.4 is 10.6 Å². The summed E-state index contributed by atoms with van der Waals surface area (Å²) in [7, 11) is 0. The maximum absolute atomic E-state index is 12.8. The maximum Gasteiger partial charge on any atom is 0.341 e. The molecule has 0 spiro atoms. The molecule has 0 aromatic carbocycles. The maximum atomic E-state index is 12.8. The van der Waals surface area contributed by atoms with Gasteiger partial charge in [0.1, 0.15) is 5.00 Å². The molecule has 0 unspecified atom stereocenters. The smallest absolute Gasteiger partial charge is 0.341 e. The molecule has 0 fully saturated rings. The molecule has 0 bridgehead atoms. The highest BCUT2D eigenvalue weighted by Crippen LogP contribution is 2.37. The van der Waals surface area contributed by atoms with Gasteiger partial charge in [-0.3, -0.25) is 9.59 Å². The number of nitrogens with zero attached hydrogens (tertiary/aromatic N) is 1. The number of likely N-dealkylation sites (N-methyl/N-ethyl adjacent to an activating group) is 1. The summed E-state index contributed by atoms with van der Waals surface area (Å²) >= 11 is 1.61. The highest BCUT2D eigenvalue weighted by molar-refractivity contribution is 7.15. The topological polar surface area (TPSA) is 89.4 Å². The van der Waals surface area contributed by atoms with Crippen molar-refractivity contribution in [3.8, 4) is 5.00 Å². The van der Waals surface area contributed by atoms with E-state index in [0.717, 1.165) is 36.2 Å². The van der Waals surface area contributed by atoms with Crippen molar-refractivity contribution in [3.05, 3.63) is 40.5 Å². The van der Waals surface area contributed by atoms with E-state index in [1.807, 2.05) is 29.1 Å². The molecule has 2 heterocycles. The molecule has 7 nitrogen and oxygen atoms in total. The van der Waals surface area contributed by atoms with Crippen LogP contribution in [0.3, 0.4) is 0 Å². The third-order valence-electron chi connectivity index (χ3n) is 4.35. The monoisotopic (exact) mass is 389 g/mol. The predicted molar refractivity (Wildman–Crippen MR) is 102 cm³/mol. The number of thiophene rings is 1. The van der Waals surface area contributed by atoms with Gasteiger partial charge in [0, 0.05) is 23.8 Å². The fraction of sp³-hybridized carbons (Fsp3) is 0.421. The van der Waals surface area contributed by atoms with Crippen molar-refractivity contribution < 1.29 is 19.1 Å². The Labute approximate surface area is 161 Å². The number of hydrogen-bond acceptors (Lipinski definition) is 5. The van der Waals surface area contributed by atoms with Crippen molar-refractivity contribution in [1.82, 2.24) is 15.2 Å². The number of ether oxygens (including phenoxy) is 1. The van der Waals surface area contributed by atoms with Crippen molar-refractivity contribution in [2.45, 2.75) is 32.6 Å². The van der Waals surface area contributed by atoms with E-state index in [4.69, 9.17) is 4.74 Å². The lowest BCUT2D eigenvalue weighted by molar-refractivity contribution is -0.127. The molecule has 0 aliphatic heterocycles. The predicted octanol–water partition coefficient (Wildman–Crippen LogP) is 1.83. The van der Waals surface area contributed by atoms with E-state index in [1.165, 1.54) is 4.88 Å². The fourth-order valence-electron chi connectivity index (χ4n) is 3.11. The van der Waals surface area contributed by atoms with Gasteiger partial charge in [0.05, 0.1) is 12.1 Å². The van der Waals surface area contributed by atoms with Crippen LogP contribution in [0.25, 0.3) is 5.00 Å². The number of fused-ring (bicyclic) bond motifs is 1. The summed E-state index contributed by atoms with van der Waals surface area (Å²) in [5.41, 5.74) is 1.60. The van der Waals surface area contributed by atoms with E-state index in [-0.39, 0.29) is 12.5 Å². The number of amides is 2. The minimum absolute atomic E-state index is 0.132. The lowest BCUT2D eigenvalue weighted by Crippen LogP contribution is -2.38. The summed E-state index contributed by atoms with van der Waals surface area (Å²) in [6, 6.07) is 3.81. The molecular weight excluding hydrogens is 366 g/mol. The molecule has 3 rings (SSSR count). The second kappa shape index (κ2) is 8.85. The molecule has 1 aliphatic rings. The highest BCUT2D eigenvalue weighted by atomic mass is 32.1. The zero-order chi connectivity index (χ0) is 19.2. The van der Waals surface area contributed by atoms with Crippen LogP contribution in [0.5, 0.6) is 0 Å². The Balaban J connectivity index is 1.68. The summed E-state index contributed by atoms with van der Waals surface area (Å²) in [5, 5.41) is 5.86. The molecule has 2 aromatic heterocycles. The number of rotatable bonds is 7. The fourth-order valence-corrected chi connectivity index (χ4v) is 4.45. The van der Waals surface area contributed by atoms with Crippen LogP contribution in [0.15, 0.2) is 24.5 Å². The van der Waals surface area contributed by atoms with E-state index in [1.54, 1.807) is 18.3 Å². The summed E-state index contributed by atoms with van der Waals surface area (Å²) in [6.45, 7) is 1.75. The Hall–Kier alpha value is -2.61. The Morgan fingerprint density at radius 2 is 1.85 bits per heavy atom. The second-order valence-corrected chi connectivity index (χ2v) is 7.37. The third-order valence-corrected chi connectivity index (χ3v) is 5.66. The standard InChI is InChI=1S/C19H23N3O4S/c1-2-20-15(23)11-21-16(24)12-26-19(25)17-13-7-3-4-8-14(13)27-18(17)22-9-5-6-10-22/h5-6,9-10H,2-4,7-8,11-12H2,1H3,(H,20,23)(H,21,24). The van der Waals surface area contributed by atoms with Gasteiger partial charge in [-0.2, -0.15) is 0 Å². The molecule has 2 amide bonds. The van der Waals surface area contributed by atoms with Crippen LogP contribution in [0.1, 0.15) is 40.6 Å². The number of carbonyl (C=O) groups excluding carboxylic acids is 3. The molecule has 2 N–H and O–H groups in total. The lowest BCUT2D eigenvalue weighted by Gasteiger charge is -2.13. The van der Waals surface area contributed by atoms with Gasteiger partial charge in [-0.1, -0.05) is 0 Å². The Morgan fingerprint density at radius 3 is 2.59 bits per heavy atom. The first-order valence-corrected chi connectivity index (χ1v) is 9.90. The van der Waals surface area contributed by atoms with Gasteiger partial charge in [0.25, 0.3) is 5.91 Å². The van der Waals surface area contributed by atoms with Gasteiger partial charge in [0.15, 0.2) is 6.61 Å².